The molecule has 1 fully saturated rings. The zero-order valence-electron chi connectivity index (χ0n) is 11.0. The molecule has 2 rings (SSSR count). The van der Waals surface area contributed by atoms with E-state index in [4.69, 9.17) is 11.6 Å². The quantitative estimate of drug-likeness (QED) is 0.768. The Bertz CT molecular complexity index is 535. The van der Waals surface area contributed by atoms with Crippen molar-refractivity contribution in [1.29, 1.82) is 0 Å². The lowest BCUT2D eigenvalue weighted by Crippen LogP contribution is -2.41. The van der Waals surface area contributed by atoms with Crippen molar-refractivity contribution in [3.63, 3.8) is 0 Å². The summed E-state index contributed by atoms with van der Waals surface area (Å²) in [7, 11) is 0. The zero-order chi connectivity index (χ0) is 15.6. The molecule has 0 radical (unpaired) electrons. The number of amides is 1. The molecule has 0 aromatic heterocycles. The smallest absolute Gasteiger partial charge is 0.349 e. The number of carbonyl (C=O) groups is 1. The van der Waals surface area contributed by atoms with Gasteiger partial charge >= 0.3 is 6.18 Å². The van der Waals surface area contributed by atoms with Crippen LogP contribution >= 0.6 is 27.5 Å². The molecular formula is C14H14BrClF3NO. The summed E-state index contributed by atoms with van der Waals surface area (Å²) in [6.07, 6.45) is -3.11. The van der Waals surface area contributed by atoms with Gasteiger partial charge in [-0.25, -0.2) is 0 Å². The molecule has 21 heavy (non-hydrogen) atoms. The summed E-state index contributed by atoms with van der Waals surface area (Å²) in [5.74, 6) is -1.77. The van der Waals surface area contributed by atoms with Crippen molar-refractivity contribution in [2.75, 3.05) is 0 Å². The summed E-state index contributed by atoms with van der Waals surface area (Å²) in [4.78, 5) is 12.1. The minimum absolute atomic E-state index is 0.0686. The van der Waals surface area contributed by atoms with Crippen molar-refractivity contribution in [3.8, 4) is 0 Å². The zero-order valence-corrected chi connectivity index (χ0v) is 13.4. The molecule has 0 bridgehead atoms. The Hall–Kier alpha value is -0.750. The summed E-state index contributed by atoms with van der Waals surface area (Å²) >= 11 is 9.19. The maximum absolute atomic E-state index is 12.8. The van der Waals surface area contributed by atoms with E-state index in [-0.39, 0.29) is 23.4 Å². The Labute approximate surface area is 134 Å². The summed E-state index contributed by atoms with van der Waals surface area (Å²) in [5, 5.41) is 2.94. The van der Waals surface area contributed by atoms with Crippen LogP contribution in [0.3, 0.4) is 0 Å². The fraction of sp³-hybridized carbons (Fsp3) is 0.500. The van der Waals surface area contributed by atoms with Crippen LogP contribution in [0.5, 0.6) is 0 Å². The predicted octanol–water partition coefficient (Wildman–Crippen LogP) is 4.95. The lowest BCUT2D eigenvalue weighted by molar-refractivity contribution is -0.183. The number of alkyl halides is 3. The largest absolute Gasteiger partial charge is 0.391 e. The third kappa shape index (κ3) is 4.36. The molecule has 2 nitrogen and oxygen atoms in total. The second kappa shape index (κ2) is 6.57. The molecule has 0 saturated heterocycles. The topological polar surface area (TPSA) is 29.1 Å². The van der Waals surface area contributed by atoms with Crippen molar-refractivity contribution in [2.45, 2.75) is 37.9 Å². The number of hydrogen-bond acceptors (Lipinski definition) is 1. The molecule has 1 amide bonds. The lowest BCUT2D eigenvalue weighted by Gasteiger charge is -2.31. The molecule has 0 aliphatic heterocycles. The molecule has 1 aliphatic rings. The van der Waals surface area contributed by atoms with Crippen LogP contribution in [-0.2, 0) is 0 Å². The van der Waals surface area contributed by atoms with Gasteiger partial charge in [0.05, 0.1) is 16.5 Å². The monoisotopic (exact) mass is 383 g/mol. The summed E-state index contributed by atoms with van der Waals surface area (Å²) < 4.78 is 38.9. The van der Waals surface area contributed by atoms with Gasteiger partial charge in [-0.1, -0.05) is 34.0 Å². The van der Waals surface area contributed by atoms with Gasteiger partial charge in [0.15, 0.2) is 0 Å². The number of carbonyl (C=O) groups excluding carboxylic acids is 1. The third-order valence-corrected chi connectivity index (χ3v) is 4.47. The van der Waals surface area contributed by atoms with Crippen LogP contribution in [-0.4, -0.2) is 18.1 Å². The highest BCUT2D eigenvalue weighted by atomic mass is 79.9. The van der Waals surface area contributed by atoms with Gasteiger partial charge in [-0.05, 0) is 37.5 Å². The Morgan fingerprint density at radius 3 is 2.71 bits per heavy atom. The van der Waals surface area contributed by atoms with Gasteiger partial charge in [0.1, 0.15) is 0 Å². The van der Waals surface area contributed by atoms with Gasteiger partial charge in [0.25, 0.3) is 5.91 Å². The van der Waals surface area contributed by atoms with Crippen molar-refractivity contribution in [2.24, 2.45) is 5.92 Å². The maximum atomic E-state index is 12.8. The number of halogens is 5. The molecule has 1 aliphatic carbocycles. The van der Waals surface area contributed by atoms with Crippen molar-refractivity contribution in [1.82, 2.24) is 5.32 Å². The minimum Gasteiger partial charge on any atom is -0.349 e. The van der Waals surface area contributed by atoms with Crippen LogP contribution in [0.1, 0.15) is 36.0 Å². The third-order valence-electron chi connectivity index (χ3n) is 3.65. The van der Waals surface area contributed by atoms with Crippen LogP contribution in [0.4, 0.5) is 13.2 Å². The van der Waals surface area contributed by atoms with E-state index in [1.54, 1.807) is 18.2 Å². The van der Waals surface area contributed by atoms with E-state index < -0.39 is 24.0 Å². The molecule has 1 N–H and O–H groups in total. The van der Waals surface area contributed by atoms with Gasteiger partial charge in [-0.3, -0.25) is 4.79 Å². The van der Waals surface area contributed by atoms with E-state index in [0.717, 1.165) is 0 Å². The number of nitrogens with one attached hydrogen (secondary N) is 1. The fourth-order valence-corrected chi connectivity index (χ4v) is 3.12. The first-order chi connectivity index (χ1) is 9.77. The van der Waals surface area contributed by atoms with Crippen LogP contribution in [0.2, 0.25) is 5.02 Å². The lowest BCUT2D eigenvalue weighted by atomic mass is 9.85. The van der Waals surface area contributed by atoms with Crippen molar-refractivity contribution in [3.05, 3.63) is 33.3 Å². The molecule has 1 aromatic carbocycles. The van der Waals surface area contributed by atoms with Crippen LogP contribution in [0, 0.1) is 5.92 Å². The van der Waals surface area contributed by atoms with Crippen molar-refractivity contribution < 1.29 is 18.0 Å². The first-order valence-electron chi connectivity index (χ1n) is 6.60. The highest BCUT2D eigenvalue weighted by Crippen LogP contribution is 2.37. The standard InChI is InChI=1S/C14H14BrClF3NO/c15-9-4-5-12(16)11(7-9)13(21)20-10-3-1-2-8(6-10)14(17,18)19/h4-5,7-8,10H,1-3,6H2,(H,20,21). The number of rotatable bonds is 2. The molecule has 0 spiro atoms. The molecule has 2 unspecified atom stereocenters. The number of hydrogen-bond donors (Lipinski definition) is 1. The Kier molecular flexibility index (Phi) is 5.20. The Balaban J connectivity index is 2.04. The fourth-order valence-electron chi connectivity index (χ4n) is 2.55. The predicted molar refractivity (Wildman–Crippen MR) is 78.4 cm³/mol. The van der Waals surface area contributed by atoms with Crippen LogP contribution in [0.15, 0.2) is 22.7 Å². The second-order valence-electron chi connectivity index (χ2n) is 5.20. The van der Waals surface area contributed by atoms with E-state index >= 15 is 0 Å². The van der Waals surface area contributed by atoms with E-state index in [2.05, 4.69) is 21.2 Å². The molecule has 7 heteroatoms. The van der Waals surface area contributed by atoms with Crippen molar-refractivity contribution >= 4 is 33.4 Å². The molecular weight excluding hydrogens is 371 g/mol. The SMILES string of the molecule is O=C(NC1CCCC(C(F)(F)F)C1)c1cc(Br)ccc1Cl. The highest BCUT2D eigenvalue weighted by molar-refractivity contribution is 9.10. The Morgan fingerprint density at radius 2 is 2.05 bits per heavy atom. The number of benzene rings is 1. The van der Waals surface area contributed by atoms with Crippen LogP contribution < -0.4 is 5.32 Å². The normalized spacial score (nSPS) is 22.9. The molecule has 0 heterocycles. The van der Waals surface area contributed by atoms with E-state index in [9.17, 15) is 18.0 Å². The summed E-state index contributed by atoms with van der Waals surface area (Å²) in [6, 6.07) is 4.36. The second-order valence-corrected chi connectivity index (χ2v) is 6.52. The molecule has 116 valence electrons. The molecule has 1 saturated carbocycles. The summed E-state index contributed by atoms with van der Waals surface area (Å²) in [5.41, 5.74) is 0.264. The molecule has 2 atom stereocenters. The van der Waals surface area contributed by atoms with E-state index in [1.165, 1.54) is 0 Å². The summed E-state index contributed by atoms with van der Waals surface area (Å²) in [6.45, 7) is 0. The van der Waals surface area contributed by atoms with Gasteiger partial charge in [-0.2, -0.15) is 13.2 Å². The maximum Gasteiger partial charge on any atom is 0.391 e. The van der Waals surface area contributed by atoms with Gasteiger partial charge in [-0.15, -0.1) is 0 Å². The molecule has 1 aromatic rings. The van der Waals surface area contributed by atoms with E-state index in [0.29, 0.717) is 17.3 Å². The van der Waals surface area contributed by atoms with Crippen LogP contribution in [0.25, 0.3) is 0 Å². The average molecular weight is 385 g/mol. The highest BCUT2D eigenvalue weighted by Gasteiger charge is 2.42. The first-order valence-corrected chi connectivity index (χ1v) is 7.77. The average Bonchev–Trinajstić information content (AvgIpc) is 2.41. The van der Waals surface area contributed by atoms with E-state index in [1.807, 2.05) is 0 Å². The van der Waals surface area contributed by atoms with Gasteiger partial charge < -0.3 is 5.32 Å². The first kappa shape index (κ1) is 16.6. The van der Waals surface area contributed by atoms with Gasteiger partial charge in [0, 0.05) is 10.5 Å². The minimum atomic E-state index is -4.20. The Morgan fingerprint density at radius 1 is 1.33 bits per heavy atom. The van der Waals surface area contributed by atoms with Gasteiger partial charge in [0.2, 0.25) is 0 Å².